The summed E-state index contributed by atoms with van der Waals surface area (Å²) in [5.41, 5.74) is 5.86. The van der Waals surface area contributed by atoms with Crippen LogP contribution in [0.1, 0.15) is 5.89 Å². The van der Waals surface area contributed by atoms with Gasteiger partial charge in [-0.3, -0.25) is 10.1 Å². The lowest BCUT2D eigenvalue weighted by atomic mass is 10.2. The van der Waals surface area contributed by atoms with Crippen molar-refractivity contribution in [3.63, 3.8) is 0 Å². The van der Waals surface area contributed by atoms with Crippen molar-refractivity contribution in [3.8, 4) is 11.4 Å². The largest absolute Gasteiger partial charge is 0.369 e. The SMILES string of the molecule is NC(=O)CNCc1nc(-c2ccc(Br)cc2)no1. The predicted molar refractivity (Wildman–Crippen MR) is 68.3 cm³/mol. The summed E-state index contributed by atoms with van der Waals surface area (Å²) in [6.07, 6.45) is 0. The fourth-order valence-electron chi connectivity index (χ4n) is 1.34. The summed E-state index contributed by atoms with van der Waals surface area (Å²) in [6.45, 7) is 0.391. The monoisotopic (exact) mass is 310 g/mol. The Hall–Kier alpha value is -1.73. The van der Waals surface area contributed by atoms with Crippen molar-refractivity contribution in [1.29, 1.82) is 0 Å². The average Bonchev–Trinajstić information content (AvgIpc) is 2.78. The topological polar surface area (TPSA) is 94.0 Å². The van der Waals surface area contributed by atoms with E-state index in [0.717, 1.165) is 10.0 Å². The maximum Gasteiger partial charge on any atom is 0.240 e. The second-order valence-electron chi connectivity index (χ2n) is 3.59. The molecule has 0 atom stereocenters. The molecule has 0 saturated heterocycles. The molecule has 1 aromatic heterocycles. The van der Waals surface area contributed by atoms with Gasteiger partial charge in [0.25, 0.3) is 0 Å². The Morgan fingerprint density at radius 1 is 1.39 bits per heavy atom. The Kier molecular flexibility index (Phi) is 4.06. The van der Waals surface area contributed by atoms with Crippen molar-refractivity contribution in [1.82, 2.24) is 15.5 Å². The van der Waals surface area contributed by atoms with Gasteiger partial charge in [-0.25, -0.2) is 0 Å². The molecule has 0 bridgehead atoms. The van der Waals surface area contributed by atoms with Gasteiger partial charge in [0, 0.05) is 10.0 Å². The number of hydrogen-bond acceptors (Lipinski definition) is 5. The molecule has 0 spiro atoms. The molecule has 0 aliphatic carbocycles. The molecule has 7 heteroatoms. The van der Waals surface area contributed by atoms with Crippen LogP contribution >= 0.6 is 15.9 Å². The van der Waals surface area contributed by atoms with Crippen LogP contribution in [0.15, 0.2) is 33.3 Å². The van der Waals surface area contributed by atoms with Crippen molar-refractivity contribution in [3.05, 3.63) is 34.6 Å². The van der Waals surface area contributed by atoms with Gasteiger partial charge in [0.15, 0.2) is 0 Å². The number of hydrogen-bond donors (Lipinski definition) is 2. The summed E-state index contributed by atoms with van der Waals surface area (Å²) < 4.78 is 6.03. The minimum Gasteiger partial charge on any atom is -0.369 e. The summed E-state index contributed by atoms with van der Waals surface area (Å²) in [6, 6.07) is 7.57. The number of rotatable bonds is 5. The van der Waals surface area contributed by atoms with Crippen molar-refractivity contribution in [2.24, 2.45) is 5.73 Å². The lowest BCUT2D eigenvalue weighted by Gasteiger charge is -1.95. The summed E-state index contributed by atoms with van der Waals surface area (Å²) in [4.78, 5) is 14.7. The molecule has 0 saturated carbocycles. The Bertz CT molecular complexity index is 538. The molecule has 2 rings (SSSR count). The van der Waals surface area contributed by atoms with Crippen molar-refractivity contribution < 1.29 is 9.32 Å². The van der Waals surface area contributed by atoms with Crippen LogP contribution in [0.5, 0.6) is 0 Å². The first-order chi connectivity index (χ1) is 8.65. The number of halogens is 1. The van der Waals surface area contributed by atoms with Gasteiger partial charge >= 0.3 is 0 Å². The van der Waals surface area contributed by atoms with E-state index < -0.39 is 5.91 Å². The van der Waals surface area contributed by atoms with Crippen LogP contribution in [0.4, 0.5) is 0 Å². The molecule has 2 aromatic rings. The zero-order valence-electron chi connectivity index (χ0n) is 9.39. The van der Waals surface area contributed by atoms with E-state index >= 15 is 0 Å². The third-order valence-corrected chi connectivity index (χ3v) is 2.67. The minimum absolute atomic E-state index is 0.0794. The van der Waals surface area contributed by atoms with Gasteiger partial charge in [-0.1, -0.05) is 21.1 Å². The van der Waals surface area contributed by atoms with Crippen LogP contribution in [0, 0.1) is 0 Å². The van der Waals surface area contributed by atoms with Crippen molar-refractivity contribution >= 4 is 21.8 Å². The Labute approximate surface area is 112 Å². The molecule has 0 fully saturated rings. The third kappa shape index (κ3) is 3.38. The number of nitrogens with two attached hydrogens (primary N) is 1. The predicted octanol–water partition coefficient (Wildman–Crippen LogP) is 1.07. The van der Waals surface area contributed by atoms with Gasteiger partial charge in [-0.05, 0) is 24.3 Å². The molecule has 18 heavy (non-hydrogen) atoms. The molecule has 1 amide bonds. The first-order valence-electron chi connectivity index (χ1n) is 5.22. The van der Waals surface area contributed by atoms with E-state index in [1.807, 2.05) is 24.3 Å². The molecule has 0 aliphatic rings. The lowest BCUT2D eigenvalue weighted by molar-refractivity contribution is -0.117. The zero-order valence-corrected chi connectivity index (χ0v) is 11.0. The summed E-state index contributed by atoms with van der Waals surface area (Å²) in [5, 5.41) is 6.65. The molecule has 3 N–H and O–H groups in total. The Morgan fingerprint density at radius 3 is 2.78 bits per heavy atom. The summed E-state index contributed by atoms with van der Waals surface area (Å²) >= 11 is 3.35. The number of aromatic nitrogens is 2. The number of nitrogens with zero attached hydrogens (tertiary/aromatic N) is 2. The molecular weight excluding hydrogens is 300 g/mol. The summed E-state index contributed by atoms with van der Waals surface area (Å²) in [5.74, 6) is 0.496. The second kappa shape index (κ2) is 5.74. The van der Waals surface area contributed by atoms with Crippen molar-refractivity contribution in [2.45, 2.75) is 6.54 Å². The van der Waals surface area contributed by atoms with Crippen LogP contribution in [0.2, 0.25) is 0 Å². The van der Waals surface area contributed by atoms with E-state index in [1.54, 1.807) is 0 Å². The molecule has 1 aromatic carbocycles. The number of benzene rings is 1. The zero-order chi connectivity index (χ0) is 13.0. The van der Waals surface area contributed by atoms with Gasteiger partial charge in [0.05, 0.1) is 13.1 Å². The van der Waals surface area contributed by atoms with Gasteiger partial charge in [-0.2, -0.15) is 4.98 Å². The van der Waals surface area contributed by atoms with Gasteiger partial charge in [-0.15, -0.1) is 0 Å². The first-order valence-corrected chi connectivity index (χ1v) is 6.02. The molecule has 0 radical (unpaired) electrons. The third-order valence-electron chi connectivity index (χ3n) is 2.15. The van der Waals surface area contributed by atoms with E-state index in [9.17, 15) is 4.79 Å². The highest BCUT2D eigenvalue weighted by Gasteiger charge is 2.08. The molecule has 6 nitrogen and oxygen atoms in total. The average molecular weight is 311 g/mol. The van der Waals surface area contributed by atoms with Crippen LogP contribution < -0.4 is 11.1 Å². The normalized spacial score (nSPS) is 10.5. The van der Waals surface area contributed by atoms with E-state index in [0.29, 0.717) is 18.3 Å². The maximum atomic E-state index is 10.5. The first kappa shape index (κ1) is 12.7. The fourth-order valence-corrected chi connectivity index (χ4v) is 1.60. The van der Waals surface area contributed by atoms with E-state index in [4.69, 9.17) is 10.3 Å². The van der Waals surface area contributed by atoms with Crippen molar-refractivity contribution in [2.75, 3.05) is 6.54 Å². The number of amides is 1. The molecule has 1 heterocycles. The second-order valence-corrected chi connectivity index (χ2v) is 4.50. The highest BCUT2D eigenvalue weighted by molar-refractivity contribution is 9.10. The van der Waals surface area contributed by atoms with E-state index in [-0.39, 0.29) is 6.54 Å². The summed E-state index contributed by atoms with van der Waals surface area (Å²) in [7, 11) is 0. The number of primary amides is 1. The molecular formula is C11H11BrN4O2. The fraction of sp³-hybridized carbons (Fsp3) is 0.182. The van der Waals surface area contributed by atoms with Crippen LogP contribution in [0.3, 0.4) is 0 Å². The number of carbonyl (C=O) groups is 1. The Balaban J connectivity index is 2.01. The minimum atomic E-state index is -0.428. The van der Waals surface area contributed by atoms with Gasteiger partial charge in [0.1, 0.15) is 0 Å². The van der Waals surface area contributed by atoms with E-state index in [1.165, 1.54) is 0 Å². The van der Waals surface area contributed by atoms with Crippen LogP contribution in [-0.4, -0.2) is 22.6 Å². The van der Waals surface area contributed by atoms with Gasteiger partial charge < -0.3 is 10.3 Å². The maximum absolute atomic E-state index is 10.5. The molecule has 94 valence electrons. The Morgan fingerprint density at radius 2 is 2.11 bits per heavy atom. The number of nitrogens with one attached hydrogen (secondary N) is 1. The lowest BCUT2D eigenvalue weighted by Crippen LogP contribution is -2.28. The van der Waals surface area contributed by atoms with Crippen LogP contribution in [-0.2, 0) is 11.3 Å². The highest BCUT2D eigenvalue weighted by Crippen LogP contribution is 2.18. The number of carbonyl (C=O) groups excluding carboxylic acids is 1. The highest BCUT2D eigenvalue weighted by atomic mass is 79.9. The molecule has 0 unspecified atom stereocenters. The van der Waals surface area contributed by atoms with Crippen LogP contribution in [0.25, 0.3) is 11.4 Å². The standard InChI is InChI=1S/C11H11BrN4O2/c12-8-3-1-7(2-4-8)11-15-10(18-16-11)6-14-5-9(13)17/h1-4,14H,5-6H2,(H2,13,17). The van der Waals surface area contributed by atoms with E-state index in [2.05, 4.69) is 31.4 Å². The molecule has 0 aliphatic heterocycles. The van der Waals surface area contributed by atoms with Gasteiger partial charge in [0.2, 0.25) is 17.6 Å². The quantitative estimate of drug-likeness (QED) is 0.861. The smallest absolute Gasteiger partial charge is 0.240 e.